The van der Waals surface area contributed by atoms with E-state index in [1.54, 1.807) is 24.9 Å². The Morgan fingerprint density at radius 3 is 2.68 bits per heavy atom. The highest BCUT2D eigenvalue weighted by atomic mass is 32.2. The molecule has 1 fully saturated rings. The molecule has 0 N–H and O–H groups in total. The Hall–Kier alpha value is -1.89. The van der Waals surface area contributed by atoms with Gasteiger partial charge in [0.25, 0.3) is 5.69 Å². The molecule has 1 aliphatic heterocycles. The summed E-state index contributed by atoms with van der Waals surface area (Å²) in [6, 6.07) is 4.54. The van der Waals surface area contributed by atoms with Crippen molar-refractivity contribution in [3.05, 3.63) is 33.9 Å². The summed E-state index contributed by atoms with van der Waals surface area (Å²) < 4.78 is 0. The van der Waals surface area contributed by atoms with Gasteiger partial charge in [-0.25, -0.2) is 4.99 Å². The zero-order chi connectivity index (χ0) is 16.4. The van der Waals surface area contributed by atoms with E-state index in [1.165, 1.54) is 23.9 Å². The number of nitrogens with zero attached hydrogens (tertiary/aromatic N) is 3. The molecule has 2 rings (SSSR count). The molecule has 118 valence electrons. The number of nitro benzene ring substituents is 1. The maximum absolute atomic E-state index is 12.2. The van der Waals surface area contributed by atoms with Crippen LogP contribution in [0, 0.1) is 23.0 Å². The fourth-order valence-electron chi connectivity index (χ4n) is 2.23. The summed E-state index contributed by atoms with van der Waals surface area (Å²) in [5.41, 5.74) is 1.41. The lowest BCUT2D eigenvalue weighted by Crippen LogP contribution is -2.28. The summed E-state index contributed by atoms with van der Waals surface area (Å²) in [6.07, 6.45) is 0.812. The average molecular weight is 321 g/mol. The molecule has 22 heavy (non-hydrogen) atoms. The molecular formula is C15H19N3O3S. The average Bonchev–Trinajstić information content (AvgIpc) is 2.68. The fraction of sp³-hybridized carbons (Fsp3) is 0.467. The second kappa shape index (κ2) is 6.48. The SMILES string of the molecule is Cc1cc([N+](=O)[O-])ccc1N=C1SC(CC(C)C)C(=O)N1C. The number of benzene rings is 1. The molecule has 0 aromatic heterocycles. The summed E-state index contributed by atoms with van der Waals surface area (Å²) in [5.74, 6) is 0.507. The molecule has 1 aliphatic rings. The van der Waals surface area contributed by atoms with E-state index >= 15 is 0 Å². The van der Waals surface area contributed by atoms with Gasteiger partial charge in [-0.15, -0.1) is 0 Å². The number of aryl methyl sites for hydroxylation is 1. The molecule has 0 spiro atoms. The highest BCUT2D eigenvalue weighted by molar-refractivity contribution is 8.15. The van der Waals surface area contributed by atoms with Crippen molar-refractivity contribution in [3.8, 4) is 0 Å². The number of carbonyl (C=O) groups is 1. The number of hydrogen-bond donors (Lipinski definition) is 0. The molecule has 7 heteroatoms. The van der Waals surface area contributed by atoms with Crippen LogP contribution in [-0.2, 0) is 4.79 Å². The maximum atomic E-state index is 12.2. The highest BCUT2D eigenvalue weighted by Gasteiger charge is 2.35. The number of non-ortho nitro benzene ring substituents is 1. The van der Waals surface area contributed by atoms with Gasteiger partial charge >= 0.3 is 0 Å². The molecule has 1 atom stereocenters. The van der Waals surface area contributed by atoms with Gasteiger partial charge in [-0.2, -0.15) is 0 Å². The number of amides is 1. The summed E-state index contributed by atoms with van der Waals surface area (Å²) >= 11 is 1.46. The van der Waals surface area contributed by atoms with Crippen molar-refractivity contribution in [1.29, 1.82) is 0 Å². The molecule has 0 saturated carbocycles. The molecule has 1 amide bonds. The topological polar surface area (TPSA) is 75.8 Å². The Kier molecular flexibility index (Phi) is 4.85. The molecule has 1 heterocycles. The lowest BCUT2D eigenvalue weighted by molar-refractivity contribution is -0.384. The van der Waals surface area contributed by atoms with Crippen LogP contribution in [-0.4, -0.2) is 33.2 Å². The van der Waals surface area contributed by atoms with Gasteiger partial charge in [-0.05, 0) is 30.9 Å². The van der Waals surface area contributed by atoms with Gasteiger partial charge < -0.3 is 0 Å². The minimum Gasteiger partial charge on any atom is -0.293 e. The van der Waals surface area contributed by atoms with Crippen LogP contribution in [0.2, 0.25) is 0 Å². The van der Waals surface area contributed by atoms with Crippen molar-refractivity contribution in [1.82, 2.24) is 4.90 Å². The van der Waals surface area contributed by atoms with Gasteiger partial charge in [0.1, 0.15) is 0 Å². The first-order chi connectivity index (χ1) is 10.3. The van der Waals surface area contributed by atoms with Crippen LogP contribution in [0.1, 0.15) is 25.8 Å². The van der Waals surface area contributed by atoms with Crippen LogP contribution in [0.25, 0.3) is 0 Å². The van der Waals surface area contributed by atoms with Crippen LogP contribution in [0.15, 0.2) is 23.2 Å². The molecule has 1 saturated heterocycles. The Morgan fingerprint density at radius 2 is 2.14 bits per heavy atom. The number of carbonyl (C=O) groups excluding carboxylic acids is 1. The Bertz CT molecular complexity index is 643. The monoisotopic (exact) mass is 321 g/mol. The summed E-state index contributed by atoms with van der Waals surface area (Å²) in [4.78, 5) is 28.6. The Balaban J connectivity index is 2.26. The van der Waals surface area contributed by atoms with E-state index in [0.29, 0.717) is 16.8 Å². The zero-order valence-electron chi connectivity index (χ0n) is 13.1. The second-order valence-corrected chi connectivity index (χ2v) is 6.93. The quantitative estimate of drug-likeness (QED) is 0.628. The lowest BCUT2D eigenvalue weighted by atomic mass is 10.1. The van der Waals surface area contributed by atoms with Crippen molar-refractivity contribution in [2.75, 3.05) is 7.05 Å². The normalized spacial score (nSPS) is 20.2. The number of aliphatic imine (C=N–C) groups is 1. The number of rotatable bonds is 4. The summed E-state index contributed by atoms with van der Waals surface area (Å²) in [5, 5.41) is 11.3. The van der Waals surface area contributed by atoms with Crippen LogP contribution in [0.5, 0.6) is 0 Å². The molecule has 6 nitrogen and oxygen atoms in total. The molecular weight excluding hydrogens is 302 g/mol. The molecule has 0 aliphatic carbocycles. The van der Waals surface area contributed by atoms with E-state index < -0.39 is 4.92 Å². The Morgan fingerprint density at radius 1 is 1.45 bits per heavy atom. The number of amidine groups is 1. The lowest BCUT2D eigenvalue weighted by Gasteiger charge is -2.10. The number of hydrogen-bond acceptors (Lipinski definition) is 5. The number of nitro groups is 1. The maximum Gasteiger partial charge on any atom is 0.269 e. The van der Waals surface area contributed by atoms with Gasteiger partial charge in [-0.1, -0.05) is 25.6 Å². The van der Waals surface area contributed by atoms with Gasteiger partial charge in [0.2, 0.25) is 5.91 Å². The van der Waals surface area contributed by atoms with Gasteiger partial charge in [0.05, 0.1) is 15.9 Å². The van der Waals surface area contributed by atoms with E-state index in [2.05, 4.69) is 18.8 Å². The van der Waals surface area contributed by atoms with Gasteiger partial charge in [0.15, 0.2) is 5.17 Å². The standard InChI is InChI=1S/C15H19N3O3S/c1-9(2)7-13-14(19)17(4)15(22-13)16-12-6-5-11(18(20)21)8-10(12)3/h5-6,8-9,13H,7H2,1-4H3. The van der Waals surface area contributed by atoms with Crippen LogP contribution in [0.4, 0.5) is 11.4 Å². The Labute approximate surface area is 133 Å². The van der Waals surface area contributed by atoms with E-state index in [0.717, 1.165) is 12.0 Å². The summed E-state index contributed by atoms with van der Waals surface area (Å²) in [6.45, 7) is 5.95. The van der Waals surface area contributed by atoms with Gasteiger partial charge in [0, 0.05) is 19.2 Å². The van der Waals surface area contributed by atoms with Gasteiger partial charge in [-0.3, -0.25) is 19.8 Å². The third-order valence-corrected chi connectivity index (χ3v) is 4.69. The van der Waals surface area contributed by atoms with E-state index in [1.807, 2.05) is 0 Å². The van der Waals surface area contributed by atoms with E-state index in [4.69, 9.17) is 0 Å². The van der Waals surface area contributed by atoms with Crippen LogP contribution < -0.4 is 0 Å². The van der Waals surface area contributed by atoms with E-state index in [-0.39, 0.29) is 16.8 Å². The third kappa shape index (κ3) is 3.47. The minimum absolute atomic E-state index is 0.0441. The predicted molar refractivity (Wildman–Crippen MR) is 88.5 cm³/mol. The largest absolute Gasteiger partial charge is 0.293 e. The van der Waals surface area contributed by atoms with Crippen molar-refractivity contribution in [2.24, 2.45) is 10.9 Å². The van der Waals surface area contributed by atoms with Crippen LogP contribution >= 0.6 is 11.8 Å². The molecule has 0 bridgehead atoms. The van der Waals surface area contributed by atoms with Crippen molar-refractivity contribution in [3.63, 3.8) is 0 Å². The van der Waals surface area contributed by atoms with Crippen molar-refractivity contribution in [2.45, 2.75) is 32.4 Å². The highest BCUT2D eigenvalue weighted by Crippen LogP contribution is 2.33. The van der Waals surface area contributed by atoms with Crippen molar-refractivity contribution >= 4 is 34.2 Å². The predicted octanol–water partition coefficient (Wildman–Crippen LogP) is 3.51. The van der Waals surface area contributed by atoms with Crippen molar-refractivity contribution < 1.29 is 9.72 Å². The second-order valence-electron chi connectivity index (χ2n) is 5.76. The first kappa shape index (κ1) is 16.5. The third-order valence-electron chi connectivity index (χ3n) is 3.43. The molecule has 1 unspecified atom stereocenters. The van der Waals surface area contributed by atoms with Crippen LogP contribution in [0.3, 0.4) is 0 Å². The molecule has 1 aromatic rings. The van der Waals surface area contributed by atoms with E-state index in [9.17, 15) is 14.9 Å². The molecule has 0 radical (unpaired) electrons. The first-order valence-electron chi connectivity index (χ1n) is 7.07. The minimum atomic E-state index is -0.428. The first-order valence-corrected chi connectivity index (χ1v) is 7.95. The number of thioether (sulfide) groups is 1. The zero-order valence-corrected chi connectivity index (χ0v) is 13.9. The smallest absolute Gasteiger partial charge is 0.269 e. The molecule has 1 aromatic carbocycles. The fourth-order valence-corrected chi connectivity index (χ4v) is 3.62. The summed E-state index contributed by atoms with van der Waals surface area (Å²) in [7, 11) is 1.72.